The smallest absolute Gasteiger partial charge is 0.780 e. The molecule has 1 aliphatic rings. The van der Waals surface area contributed by atoms with Crippen LogP contribution in [-0.4, -0.2) is 63.2 Å². The predicted molar refractivity (Wildman–Crippen MR) is 47.1 cm³/mol. The van der Waals surface area contributed by atoms with Crippen LogP contribution in [0.25, 0.3) is 0 Å². The van der Waals surface area contributed by atoms with Gasteiger partial charge in [-0.05, 0) is 0 Å². The zero-order valence-corrected chi connectivity index (χ0v) is 14.7. The molecule has 9 nitrogen and oxygen atoms in total. The molecular formula is C6H7KMgO9P+. The van der Waals surface area contributed by atoms with Crippen LogP contribution in [0.5, 0.6) is 0 Å². The summed E-state index contributed by atoms with van der Waals surface area (Å²) in [5.74, 6) is -3.67. The number of phosphoric acid groups is 1. The van der Waals surface area contributed by atoms with Crippen molar-refractivity contribution in [1.29, 1.82) is 0 Å². The zero-order chi connectivity index (χ0) is 12.5. The van der Waals surface area contributed by atoms with Crippen LogP contribution in [0.2, 0.25) is 0 Å². The van der Waals surface area contributed by atoms with Crippen molar-refractivity contribution in [2.45, 2.75) is 12.2 Å². The number of aliphatic hydroxyl groups is 3. The van der Waals surface area contributed by atoms with E-state index in [1.807, 2.05) is 0 Å². The first-order valence-corrected chi connectivity index (χ1v) is 5.37. The van der Waals surface area contributed by atoms with Gasteiger partial charge in [-0.3, -0.25) is 0 Å². The number of phosphoric ester groups is 1. The maximum absolute atomic E-state index is 10.9. The minimum Gasteiger partial charge on any atom is -0.780 e. The third-order valence-electron chi connectivity index (χ3n) is 1.66. The monoisotopic (exact) mass is 317 g/mol. The first-order valence-electron chi connectivity index (χ1n) is 3.91. The normalized spacial score (nSPS) is 20.7. The van der Waals surface area contributed by atoms with Gasteiger partial charge < -0.3 is 38.9 Å². The molecule has 0 saturated heterocycles. The zero-order valence-electron chi connectivity index (χ0n) is 9.31. The summed E-state index contributed by atoms with van der Waals surface area (Å²) in [6.07, 6.45) is -3.30. The van der Waals surface area contributed by atoms with Gasteiger partial charge >= 0.3 is 80.4 Å². The van der Waals surface area contributed by atoms with Crippen molar-refractivity contribution in [2.24, 2.45) is 0 Å². The van der Waals surface area contributed by atoms with Crippen LogP contribution >= 0.6 is 7.82 Å². The number of hydrogen-bond donors (Lipinski definition) is 3. The molecule has 92 valence electrons. The van der Waals surface area contributed by atoms with Crippen molar-refractivity contribution >= 4 is 36.8 Å². The number of esters is 1. The maximum atomic E-state index is 10.9. The third-order valence-corrected chi connectivity index (χ3v) is 2.07. The standard InChI is InChI=1S/C6H9O9P.K.Mg/c7-1-2(8)4-3(9)5(6(10)14-4)15-16(11,12)13;;/h2,4,7-9H,1H2,(H2,11,12,13);;/q;+1;+2/p-2/t2-,4+;;/m0../s1. The Hall–Kier alpha value is 1.28. The summed E-state index contributed by atoms with van der Waals surface area (Å²) in [6, 6.07) is 0. The average Bonchev–Trinajstić information content (AvgIpc) is 2.42. The molecule has 1 aliphatic heterocycles. The molecule has 0 aromatic carbocycles. The quantitative estimate of drug-likeness (QED) is 0.260. The molecule has 0 fully saturated rings. The summed E-state index contributed by atoms with van der Waals surface area (Å²) in [5, 5.41) is 26.8. The van der Waals surface area contributed by atoms with Gasteiger partial charge in [-0.25, -0.2) is 4.79 Å². The molecule has 1 heterocycles. The Labute approximate surface area is 160 Å². The molecule has 0 saturated carbocycles. The van der Waals surface area contributed by atoms with Gasteiger partial charge in [0.2, 0.25) is 0 Å². The number of cyclic esters (lactones) is 1. The van der Waals surface area contributed by atoms with Crippen LogP contribution in [0.4, 0.5) is 0 Å². The van der Waals surface area contributed by atoms with E-state index in [2.05, 4.69) is 9.26 Å². The fourth-order valence-corrected chi connectivity index (χ4v) is 1.40. The molecule has 0 aliphatic carbocycles. The summed E-state index contributed by atoms with van der Waals surface area (Å²) >= 11 is 0. The van der Waals surface area contributed by atoms with Gasteiger partial charge in [0.15, 0.2) is 11.9 Å². The molecule has 0 unspecified atom stereocenters. The summed E-state index contributed by atoms with van der Waals surface area (Å²) in [5.41, 5.74) is 0. The van der Waals surface area contributed by atoms with Crippen LogP contribution in [0, 0.1) is 0 Å². The average molecular weight is 317 g/mol. The van der Waals surface area contributed by atoms with Crippen LogP contribution < -0.4 is 61.2 Å². The second kappa shape index (κ2) is 8.54. The minimum absolute atomic E-state index is 0. The van der Waals surface area contributed by atoms with Crippen molar-refractivity contribution in [3.63, 3.8) is 0 Å². The second-order valence-corrected chi connectivity index (χ2v) is 3.91. The SMILES string of the molecule is O=C1O[C@H]([C@@H](O)CO)C(O)=C1OP(=O)([O-])[O-].[K+].[Mg+2]. The Balaban J connectivity index is 0. The van der Waals surface area contributed by atoms with Crippen LogP contribution in [0.3, 0.4) is 0 Å². The molecule has 18 heavy (non-hydrogen) atoms. The van der Waals surface area contributed by atoms with E-state index in [0.29, 0.717) is 0 Å². The van der Waals surface area contributed by atoms with Crippen molar-refractivity contribution in [3.05, 3.63) is 11.5 Å². The van der Waals surface area contributed by atoms with Crippen LogP contribution in [0.15, 0.2) is 11.5 Å². The molecule has 0 spiro atoms. The van der Waals surface area contributed by atoms with Gasteiger partial charge in [-0.15, -0.1) is 0 Å². The number of aliphatic hydroxyl groups excluding tert-OH is 3. The van der Waals surface area contributed by atoms with Crippen LogP contribution in [0.1, 0.15) is 0 Å². The summed E-state index contributed by atoms with van der Waals surface area (Å²) in [7, 11) is -5.52. The molecule has 0 radical (unpaired) electrons. The predicted octanol–water partition coefficient (Wildman–Crippen LogP) is -6.50. The summed E-state index contributed by atoms with van der Waals surface area (Å²) in [6.45, 7) is -0.846. The second-order valence-electron chi connectivity index (χ2n) is 2.83. The van der Waals surface area contributed by atoms with E-state index in [1.165, 1.54) is 0 Å². The fourth-order valence-electron chi connectivity index (χ4n) is 1.01. The molecule has 2 atom stereocenters. The van der Waals surface area contributed by atoms with E-state index < -0.39 is 44.1 Å². The minimum atomic E-state index is -5.52. The van der Waals surface area contributed by atoms with Gasteiger partial charge in [-0.1, -0.05) is 0 Å². The molecule has 3 N–H and O–H groups in total. The topological polar surface area (TPSA) is 159 Å². The summed E-state index contributed by atoms with van der Waals surface area (Å²) in [4.78, 5) is 31.4. The Bertz CT molecular complexity index is 379. The van der Waals surface area contributed by atoms with E-state index >= 15 is 0 Å². The number of carbonyl (C=O) groups is 1. The molecule has 12 heteroatoms. The van der Waals surface area contributed by atoms with Gasteiger partial charge in [0.05, 0.1) is 6.61 Å². The fraction of sp³-hybridized carbons (Fsp3) is 0.500. The first-order chi connectivity index (χ1) is 7.26. The van der Waals surface area contributed by atoms with E-state index in [0.717, 1.165) is 0 Å². The van der Waals surface area contributed by atoms with Crippen molar-refractivity contribution in [1.82, 2.24) is 0 Å². The third kappa shape index (κ3) is 5.73. The number of hydrogen-bond acceptors (Lipinski definition) is 9. The molecule has 0 aromatic heterocycles. The Kier molecular flexibility index (Phi) is 10.2. The van der Waals surface area contributed by atoms with Gasteiger partial charge in [0.1, 0.15) is 13.9 Å². The Morgan fingerprint density at radius 2 is 2.00 bits per heavy atom. The first kappa shape index (κ1) is 21.6. The van der Waals surface area contributed by atoms with Gasteiger partial charge in [0, 0.05) is 0 Å². The Morgan fingerprint density at radius 3 is 2.39 bits per heavy atom. The molecule has 0 amide bonds. The van der Waals surface area contributed by atoms with Gasteiger partial charge in [-0.2, -0.15) is 0 Å². The number of ether oxygens (including phenoxy) is 1. The van der Waals surface area contributed by atoms with Crippen LogP contribution in [-0.2, 0) is 18.6 Å². The van der Waals surface area contributed by atoms with Gasteiger partial charge in [0.25, 0.3) is 5.76 Å². The largest absolute Gasteiger partial charge is 2.00 e. The maximum Gasteiger partial charge on any atom is 2.00 e. The molecule has 0 aromatic rings. The van der Waals surface area contributed by atoms with Crippen molar-refractivity contribution in [2.75, 3.05) is 6.61 Å². The van der Waals surface area contributed by atoms with E-state index in [9.17, 15) is 24.3 Å². The van der Waals surface area contributed by atoms with Crippen molar-refractivity contribution in [3.8, 4) is 0 Å². The van der Waals surface area contributed by atoms with Crippen molar-refractivity contribution < 1.29 is 95.1 Å². The Morgan fingerprint density at radius 1 is 1.50 bits per heavy atom. The number of rotatable bonds is 4. The molecule has 0 bridgehead atoms. The van der Waals surface area contributed by atoms with E-state index in [-0.39, 0.29) is 74.4 Å². The summed E-state index contributed by atoms with van der Waals surface area (Å²) < 4.78 is 18.2. The molecule has 1 rings (SSSR count). The van der Waals surface area contributed by atoms with E-state index in [4.69, 9.17) is 10.2 Å². The molecular weight excluding hydrogens is 310 g/mol. The van der Waals surface area contributed by atoms with E-state index in [1.54, 1.807) is 0 Å². The number of carbonyl (C=O) groups excluding carboxylic acids is 1.